The zero-order valence-electron chi connectivity index (χ0n) is 8.46. The number of halogens is 2. The minimum Gasteiger partial charge on any atom is -0.462 e. The predicted octanol–water partition coefficient (Wildman–Crippen LogP) is 2.50. The maximum Gasteiger partial charge on any atom is 0.339 e. The summed E-state index contributed by atoms with van der Waals surface area (Å²) in [6, 6.07) is 2.44. The molecule has 0 N–H and O–H groups in total. The Bertz CT molecular complexity index is 366. The monoisotopic (exact) mass is 215 g/mol. The van der Waals surface area contributed by atoms with Crippen LogP contribution in [0.25, 0.3) is 0 Å². The normalized spacial score (nSPS) is 10.5. The first-order valence-electron chi connectivity index (χ1n) is 4.49. The Labute approximate surface area is 86.1 Å². The number of nitrogens with zero attached hydrogens (tertiary/aromatic N) is 1. The van der Waals surface area contributed by atoms with Crippen LogP contribution < -0.4 is 0 Å². The molecular formula is C10H11F2NO2. The molecule has 0 saturated carbocycles. The zero-order valence-corrected chi connectivity index (χ0v) is 8.46. The molecule has 0 atom stereocenters. The van der Waals surface area contributed by atoms with Crippen molar-refractivity contribution in [3.63, 3.8) is 0 Å². The van der Waals surface area contributed by atoms with Crippen LogP contribution in [0.2, 0.25) is 0 Å². The number of pyridine rings is 1. The van der Waals surface area contributed by atoms with Gasteiger partial charge in [-0.1, -0.05) is 0 Å². The van der Waals surface area contributed by atoms with E-state index in [1.807, 2.05) is 0 Å². The van der Waals surface area contributed by atoms with E-state index in [4.69, 9.17) is 4.74 Å². The summed E-state index contributed by atoms with van der Waals surface area (Å²) < 4.78 is 29.2. The van der Waals surface area contributed by atoms with Crippen molar-refractivity contribution in [2.75, 3.05) is 6.61 Å². The van der Waals surface area contributed by atoms with E-state index in [1.165, 1.54) is 13.0 Å². The number of alkyl halides is 2. The van der Waals surface area contributed by atoms with Crippen LogP contribution in [-0.4, -0.2) is 17.6 Å². The summed E-state index contributed by atoms with van der Waals surface area (Å²) in [5, 5.41) is 0. The van der Waals surface area contributed by atoms with E-state index in [-0.39, 0.29) is 23.6 Å². The second kappa shape index (κ2) is 4.82. The highest BCUT2D eigenvalue weighted by Crippen LogP contribution is 2.18. The van der Waals surface area contributed by atoms with Crippen molar-refractivity contribution in [3.8, 4) is 0 Å². The maximum atomic E-state index is 12.2. The molecule has 1 aromatic rings. The van der Waals surface area contributed by atoms with Gasteiger partial charge < -0.3 is 4.74 Å². The van der Waals surface area contributed by atoms with Crippen molar-refractivity contribution in [1.29, 1.82) is 0 Å². The second-order valence-electron chi connectivity index (χ2n) is 2.89. The van der Waals surface area contributed by atoms with Gasteiger partial charge in [0.15, 0.2) is 0 Å². The number of hydrogen-bond acceptors (Lipinski definition) is 3. The van der Waals surface area contributed by atoms with Gasteiger partial charge in [-0.25, -0.2) is 13.6 Å². The lowest BCUT2D eigenvalue weighted by molar-refractivity contribution is 0.0524. The Morgan fingerprint density at radius 3 is 2.67 bits per heavy atom. The lowest BCUT2D eigenvalue weighted by Gasteiger charge is -2.06. The molecule has 1 heterocycles. The topological polar surface area (TPSA) is 39.2 Å². The molecule has 0 aliphatic rings. The first-order chi connectivity index (χ1) is 7.06. The number of carbonyl (C=O) groups is 1. The molecule has 0 saturated heterocycles. The number of esters is 1. The Morgan fingerprint density at radius 2 is 2.20 bits per heavy atom. The van der Waals surface area contributed by atoms with Crippen molar-refractivity contribution in [2.24, 2.45) is 0 Å². The van der Waals surface area contributed by atoms with Crippen molar-refractivity contribution in [2.45, 2.75) is 20.3 Å². The van der Waals surface area contributed by atoms with Crippen LogP contribution in [0, 0.1) is 6.92 Å². The maximum absolute atomic E-state index is 12.2. The fourth-order valence-corrected chi connectivity index (χ4v) is 1.13. The van der Waals surface area contributed by atoms with Gasteiger partial charge in [0.25, 0.3) is 6.43 Å². The molecule has 82 valence electrons. The summed E-state index contributed by atoms with van der Waals surface area (Å²) in [6.45, 7) is 3.42. The molecule has 0 fully saturated rings. The van der Waals surface area contributed by atoms with Crippen LogP contribution in [0.5, 0.6) is 0 Å². The Hall–Kier alpha value is -1.52. The van der Waals surface area contributed by atoms with Crippen molar-refractivity contribution >= 4 is 5.97 Å². The highest BCUT2D eigenvalue weighted by molar-refractivity contribution is 5.90. The quantitative estimate of drug-likeness (QED) is 0.727. The van der Waals surface area contributed by atoms with Crippen LogP contribution in [0.3, 0.4) is 0 Å². The van der Waals surface area contributed by atoms with Gasteiger partial charge in [-0.3, -0.25) is 4.98 Å². The lowest BCUT2D eigenvalue weighted by atomic mass is 10.2. The number of aromatic nitrogens is 1. The lowest BCUT2D eigenvalue weighted by Crippen LogP contribution is -2.08. The van der Waals surface area contributed by atoms with Gasteiger partial charge >= 0.3 is 5.97 Å². The highest BCUT2D eigenvalue weighted by atomic mass is 19.3. The summed E-state index contributed by atoms with van der Waals surface area (Å²) in [4.78, 5) is 14.9. The molecule has 5 heteroatoms. The molecule has 0 aliphatic heterocycles. The van der Waals surface area contributed by atoms with Crippen molar-refractivity contribution in [1.82, 2.24) is 4.98 Å². The van der Waals surface area contributed by atoms with Gasteiger partial charge in [0.1, 0.15) is 5.69 Å². The average molecular weight is 215 g/mol. The van der Waals surface area contributed by atoms with Gasteiger partial charge in [0, 0.05) is 0 Å². The van der Waals surface area contributed by atoms with Crippen LogP contribution in [-0.2, 0) is 4.74 Å². The van der Waals surface area contributed by atoms with Crippen molar-refractivity contribution in [3.05, 3.63) is 29.1 Å². The first-order valence-corrected chi connectivity index (χ1v) is 4.49. The molecule has 0 aromatic carbocycles. The molecule has 15 heavy (non-hydrogen) atoms. The molecule has 0 amide bonds. The van der Waals surface area contributed by atoms with E-state index in [9.17, 15) is 13.6 Å². The van der Waals surface area contributed by atoms with Crippen LogP contribution in [0.15, 0.2) is 12.1 Å². The Balaban J connectivity index is 2.98. The molecule has 0 radical (unpaired) electrons. The minimum atomic E-state index is -2.63. The van der Waals surface area contributed by atoms with E-state index in [0.29, 0.717) is 0 Å². The molecular weight excluding hydrogens is 204 g/mol. The summed E-state index contributed by atoms with van der Waals surface area (Å²) in [5.41, 5.74) is 0.146. The Morgan fingerprint density at radius 1 is 1.53 bits per heavy atom. The van der Waals surface area contributed by atoms with Crippen LogP contribution in [0.1, 0.15) is 35.1 Å². The number of rotatable bonds is 3. The largest absolute Gasteiger partial charge is 0.462 e. The molecule has 0 bridgehead atoms. The van der Waals surface area contributed by atoms with E-state index in [1.54, 1.807) is 6.92 Å². The number of carbonyl (C=O) groups excluding carboxylic acids is 1. The predicted molar refractivity (Wildman–Crippen MR) is 49.9 cm³/mol. The summed E-state index contributed by atoms with van der Waals surface area (Å²) in [7, 11) is 0. The standard InChI is InChI=1S/C10H11F2NO2/c1-3-15-10(14)7-4-5-8(9(11)12)13-6(7)2/h4-5,9H,3H2,1-2H3. The van der Waals surface area contributed by atoms with Gasteiger partial charge in [-0.2, -0.15) is 0 Å². The van der Waals surface area contributed by atoms with Crippen molar-refractivity contribution < 1.29 is 18.3 Å². The van der Waals surface area contributed by atoms with Gasteiger partial charge in [0.05, 0.1) is 17.9 Å². The molecule has 3 nitrogen and oxygen atoms in total. The van der Waals surface area contributed by atoms with Gasteiger partial charge in [-0.05, 0) is 26.0 Å². The van der Waals surface area contributed by atoms with Crippen LogP contribution in [0.4, 0.5) is 8.78 Å². The third-order valence-electron chi connectivity index (χ3n) is 1.83. The Kier molecular flexibility index (Phi) is 3.71. The molecule has 1 rings (SSSR count). The zero-order chi connectivity index (χ0) is 11.4. The van der Waals surface area contributed by atoms with E-state index >= 15 is 0 Å². The third kappa shape index (κ3) is 2.71. The number of ether oxygens (including phenoxy) is 1. The average Bonchev–Trinajstić information content (AvgIpc) is 2.17. The van der Waals surface area contributed by atoms with Gasteiger partial charge in [0.2, 0.25) is 0 Å². The smallest absolute Gasteiger partial charge is 0.339 e. The SMILES string of the molecule is CCOC(=O)c1ccc(C(F)F)nc1C. The van der Waals surface area contributed by atoms with E-state index in [0.717, 1.165) is 6.07 Å². The van der Waals surface area contributed by atoms with Gasteiger partial charge in [-0.15, -0.1) is 0 Å². The molecule has 0 unspecified atom stereocenters. The molecule has 1 aromatic heterocycles. The van der Waals surface area contributed by atoms with E-state index in [2.05, 4.69) is 4.98 Å². The fraction of sp³-hybridized carbons (Fsp3) is 0.400. The first kappa shape index (κ1) is 11.6. The third-order valence-corrected chi connectivity index (χ3v) is 1.83. The summed E-state index contributed by atoms with van der Waals surface area (Å²) >= 11 is 0. The number of hydrogen-bond donors (Lipinski definition) is 0. The summed E-state index contributed by atoms with van der Waals surface area (Å²) in [5.74, 6) is -0.539. The highest BCUT2D eigenvalue weighted by Gasteiger charge is 2.15. The minimum absolute atomic E-state index is 0.223. The van der Waals surface area contributed by atoms with Crippen LogP contribution >= 0.6 is 0 Å². The van der Waals surface area contributed by atoms with E-state index < -0.39 is 12.4 Å². The second-order valence-corrected chi connectivity index (χ2v) is 2.89. The molecule has 0 spiro atoms. The fourth-order valence-electron chi connectivity index (χ4n) is 1.13. The summed E-state index contributed by atoms with van der Waals surface area (Å²) in [6.07, 6.45) is -2.63. The molecule has 0 aliphatic carbocycles. The number of aryl methyl sites for hydroxylation is 1.